The van der Waals surface area contributed by atoms with E-state index in [1.165, 1.54) is 82.4 Å². The molecule has 0 aliphatic carbocycles. The van der Waals surface area contributed by atoms with Gasteiger partial charge in [-0.3, -0.25) is 0 Å². The highest BCUT2D eigenvalue weighted by Gasteiger charge is 2.26. The number of benzene rings is 5. The molecule has 0 amide bonds. The molecule has 0 bridgehead atoms. The van der Waals surface area contributed by atoms with Gasteiger partial charge in [0.25, 0.3) is 0 Å². The van der Waals surface area contributed by atoms with E-state index in [4.69, 9.17) is 0 Å². The number of rotatable bonds is 2. The topological polar surface area (TPSA) is 8.29 Å². The molecule has 38 heavy (non-hydrogen) atoms. The maximum atomic E-state index is 2.57. The molecule has 0 saturated heterocycles. The molecule has 0 fully saturated rings. The van der Waals surface area contributed by atoms with E-state index in [0.717, 1.165) is 0 Å². The largest absolute Gasteiger partial charge is 0.307 e. The van der Waals surface area contributed by atoms with Crippen molar-refractivity contribution >= 4 is 49.0 Å². The number of hydrogen-bond donors (Lipinski definition) is 0. The first-order valence-electron chi connectivity index (χ1n) is 13.3. The minimum absolute atomic E-state index is 1.24. The highest BCUT2D eigenvalue weighted by atomic mass is 15.0. The first-order chi connectivity index (χ1) is 18.6. The van der Waals surface area contributed by atoms with Crippen LogP contribution in [0.2, 0.25) is 0 Å². The number of aromatic nitrogens is 2. The van der Waals surface area contributed by atoms with Gasteiger partial charge in [0.05, 0.1) is 27.3 Å². The molecule has 180 valence electrons. The van der Waals surface area contributed by atoms with Crippen molar-refractivity contribution in [3.8, 4) is 22.3 Å². The van der Waals surface area contributed by atoms with Crippen molar-refractivity contribution in [2.24, 2.45) is 7.05 Å². The van der Waals surface area contributed by atoms with Gasteiger partial charge in [0.2, 0.25) is 5.52 Å². The molecule has 2 heteroatoms. The summed E-state index contributed by atoms with van der Waals surface area (Å²) in [5.41, 5.74) is 12.8. The van der Waals surface area contributed by atoms with E-state index in [1.54, 1.807) is 0 Å². The van der Waals surface area contributed by atoms with Crippen LogP contribution < -0.4 is 4.57 Å². The van der Waals surface area contributed by atoms with Crippen LogP contribution in [0.3, 0.4) is 0 Å². The van der Waals surface area contributed by atoms with Gasteiger partial charge in [0.1, 0.15) is 7.05 Å². The van der Waals surface area contributed by atoms with Gasteiger partial charge in [-0.2, -0.15) is 0 Å². The summed E-state index contributed by atoms with van der Waals surface area (Å²) in [6.07, 6.45) is 2.22. The fourth-order valence-corrected chi connectivity index (χ4v) is 6.59. The molecule has 0 atom stereocenters. The molecule has 5 aromatic carbocycles. The van der Waals surface area contributed by atoms with E-state index >= 15 is 0 Å². The average molecular weight is 488 g/mol. The van der Waals surface area contributed by atoms with Crippen LogP contribution in [0.5, 0.6) is 0 Å². The minimum Gasteiger partial charge on any atom is -0.307 e. The monoisotopic (exact) mass is 487 g/mol. The second-order valence-corrected chi connectivity index (χ2v) is 10.6. The lowest BCUT2D eigenvalue weighted by Gasteiger charge is -2.16. The van der Waals surface area contributed by atoms with E-state index in [-0.39, 0.29) is 0 Å². The van der Waals surface area contributed by atoms with E-state index in [0.29, 0.717) is 0 Å². The summed E-state index contributed by atoms with van der Waals surface area (Å²) in [6.45, 7) is 4.54. The van der Waals surface area contributed by atoms with Crippen LogP contribution in [-0.2, 0) is 7.05 Å². The Hall–Kier alpha value is -4.69. The molecule has 0 aliphatic heterocycles. The van der Waals surface area contributed by atoms with E-state index in [1.807, 2.05) is 0 Å². The van der Waals surface area contributed by atoms with Gasteiger partial charge in [-0.25, -0.2) is 4.57 Å². The van der Waals surface area contributed by atoms with Crippen molar-refractivity contribution in [2.75, 3.05) is 0 Å². The molecule has 0 aliphatic rings. The van der Waals surface area contributed by atoms with Crippen molar-refractivity contribution in [3.05, 3.63) is 120 Å². The normalized spacial score (nSPS) is 12.1. The zero-order chi connectivity index (χ0) is 25.5. The zero-order valence-corrected chi connectivity index (χ0v) is 21.8. The van der Waals surface area contributed by atoms with Crippen LogP contribution in [0.15, 0.2) is 109 Å². The Balaban J connectivity index is 1.72. The maximum Gasteiger partial charge on any atom is 0.224 e. The van der Waals surface area contributed by atoms with Crippen LogP contribution >= 0.6 is 0 Å². The minimum atomic E-state index is 1.24. The summed E-state index contributed by atoms with van der Waals surface area (Å²) >= 11 is 0. The molecule has 0 unspecified atom stereocenters. The number of para-hydroxylation sites is 1. The van der Waals surface area contributed by atoms with Crippen molar-refractivity contribution in [1.29, 1.82) is 0 Å². The number of fused-ring (bicyclic) bond motifs is 5. The van der Waals surface area contributed by atoms with Crippen LogP contribution in [0.25, 0.3) is 71.3 Å². The summed E-state index contributed by atoms with van der Waals surface area (Å²) in [7, 11) is 2.19. The van der Waals surface area contributed by atoms with Gasteiger partial charge < -0.3 is 4.40 Å². The highest BCUT2D eigenvalue weighted by Crippen LogP contribution is 2.44. The van der Waals surface area contributed by atoms with Gasteiger partial charge in [-0.05, 0) is 65.3 Å². The number of pyridine rings is 2. The molecule has 0 spiro atoms. The molecular weight excluding hydrogens is 460 g/mol. The molecule has 3 aromatic heterocycles. The van der Waals surface area contributed by atoms with E-state index < -0.39 is 0 Å². The summed E-state index contributed by atoms with van der Waals surface area (Å²) in [4.78, 5) is 0. The Labute approximate surface area is 221 Å². The van der Waals surface area contributed by atoms with Gasteiger partial charge in [0, 0.05) is 22.4 Å². The Morgan fingerprint density at radius 2 is 1.34 bits per heavy atom. The predicted octanol–water partition coefficient (Wildman–Crippen LogP) is 8.77. The molecule has 8 aromatic rings. The number of aryl methyl sites for hydroxylation is 3. The average Bonchev–Trinajstić information content (AvgIpc) is 3.29. The molecule has 0 saturated carbocycles. The third-order valence-corrected chi connectivity index (χ3v) is 8.48. The van der Waals surface area contributed by atoms with Gasteiger partial charge in [-0.1, -0.05) is 78.9 Å². The van der Waals surface area contributed by atoms with Crippen molar-refractivity contribution < 1.29 is 4.57 Å². The lowest BCUT2D eigenvalue weighted by atomic mass is 9.94. The Bertz CT molecular complexity index is 2190. The zero-order valence-electron chi connectivity index (χ0n) is 21.8. The fraction of sp³-hybridized carbons (Fsp3) is 0.0833. The second kappa shape index (κ2) is 7.66. The summed E-state index contributed by atoms with van der Waals surface area (Å²) < 4.78 is 4.88. The SMILES string of the molecule is Cc1cc2c3cccc(-c4ccccc4)c3n3c4cc(-c5ccccc5)cc5cc[n+](C)c(c(c1C)c23)c54. The van der Waals surface area contributed by atoms with Crippen LogP contribution in [-0.4, -0.2) is 4.40 Å². The smallest absolute Gasteiger partial charge is 0.224 e. The third-order valence-electron chi connectivity index (χ3n) is 8.48. The first kappa shape index (κ1) is 21.4. The van der Waals surface area contributed by atoms with Crippen LogP contribution in [0, 0.1) is 13.8 Å². The molecular formula is C36H27N2+. The van der Waals surface area contributed by atoms with Gasteiger partial charge >= 0.3 is 0 Å². The highest BCUT2D eigenvalue weighted by molar-refractivity contribution is 6.27. The van der Waals surface area contributed by atoms with Crippen molar-refractivity contribution in [3.63, 3.8) is 0 Å². The van der Waals surface area contributed by atoms with Gasteiger partial charge in [0.15, 0.2) is 6.20 Å². The molecule has 0 N–H and O–H groups in total. The summed E-state index contributed by atoms with van der Waals surface area (Å²) in [5.74, 6) is 0. The molecule has 8 rings (SSSR count). The maximum absolute atomic E-state index is 2.57. The standard InChI is InChI=1S/C36H27N2/c1-22-19-30-29-16-10-15-28(25-13-8-5-9-14-25)34(29)38-31-21-27(24-11-6-4-7-12-24)20-26-17-18-37(3)36(33(26)31)32(23(22)2)35(30)38/h4-21H,1-3H3/q+1. The van der Waals surface area contributed by atoms with Crippen LogP contribution in [0.4, 0.5) is 0 Å². The lowest BCUT2D eigenvalue weighted by molar-refractivity contribution is -0.643. The van der Waals surface area contributed by atoms with Gasteiger partial charge in [-0.15, -0.1) is 0 Å². The predicted molar refractivity (Wildman–Crippen MR) is 160 cm³/mol. The summed E-state index contributed by atoms with van der Waals surface area (Å²) in [6, 6.07) is 37.8. The lowest BCUT2D eigenvalue weighted by Crippen LogP contribution is -2.29. The van der Waals surface area contributed by atoms with Crippen LogP contribution in [0.1, 0.15) is 11.1 Å². The van der Waals surface area contributed by atoms with E-state index in [2.05, 4.69) is 139 Å². The Morgan fingerprint density at radius 1 is 0.605 bits per heavy atom. The Kier molecular flexibility index (Phi) is 4.31. The molecule has 3 heterocycles. The fourth-order valence-electron chi connectivity index (χ4n) is 6.59. The quantitative estimate of drug-likeness (QED) is 0.131. The van der Waals surface area contributed by atoms with Crippen molar-refractivity contribution in [1.82, 2.24) is 4.40 Å². The van der Waals surface area contributed by atoms with Crippen molar-refractivity contribution in [2.45, 2.75) is 13.8 Å². The third kappa shape index (κ3) is 2.75. The number of nitrogens with zero attached hydrogens (tertiary/aromatic N) is 2. The second-order valence-electron chi connectivity index (χ2n) is 10.6. The summed E-state index contributed by atoms with van der Waals surface area (Å²) in [5, 5.41) is 6.57. The Morgan fingerprint density at radius 3 is 2.11 bits per heavy atom. The molecule has 2 nitrogen and oxygen atoms in total. The first-order valence-corrected chi connectivity index (χ1v) is 13.3. The molecule has 0 radical (unpaired) electrons. The van der Waals surface area contributed by atoms with E-state index in [9.17, 15) is 0 Å². The number of hydrogen-bond acceptors (Lipinski definition) is 0.